The molecular formula is C15H16F3N3OS. The molecule has 0 spiro atoms. The minimum atomic E-state index is -4.72. The second kappa shape index (κ2) is 6.35. The number of benzene rings is 1. The summed E-state index contributed by atoms with van der Waals surface area (Å²) in [6.45, 7) is 1.63. The van der Waals surface area contributed by atoms with E-state index in [0.29, 0.717) is 5.92 Å². The molecule has 1 fully saturated rings. The normalized spacial score (nSPS) is 18.1. The number of alkyl halides is 3. The molecule has 3 rings (SSSR count). The molecule has 0 radical (unpaired) electrons. The van der Waals surface area contributed by atoms with Gasteiger partial charge in [-0.1, -0.05) is 0 Å². The van der Waals surface area contributed by atoms with Gasteiger partial charge in [0.15, 0.2) is 10.8 Å². The van der Waals surface area contributed by atoms with E-state index in [1.807, 2.05) is 0 Å². The Labute approximate surface area is 134 Å². The van der Waals surface area contributed by atoms with E-state index in [0.717, 1.165) is 37.4 Å². The number of nitrogens with one attached hydrogen (secondary N) is 1. The van der Waals surface area contributed by atoms with E-state index in [2.05, 4.69) is 14.9 Å². The van der Waals surface area contributed by atoms with Gasteiger partial charge >= 0.3 is 5.51 Å². The Morgan fingerprint density at radius 3 is 2.35 bits per heavy atom. The lowest BCUT2D eigenvalue weighted by molar-refractivity contribution is -0.0384. The number of aromatic amines is 1. The van der Waals surface area contributed by atoms with Crippen molar-refractivity contribution in [2.24, 2.45) is 0 Å². The first-order valence-electron chi connectivity index (χ1n) is 7.28. The van der Waals surface area contributed by atoms with E-state index in [1.54, 1.807) is 24.5 Å². The Bertz CT molecular complexity index is 662. The molecular weight excluding hydrogens is 327 g/mol. The zero-order valence-corrected chi connectivity index (χ0v) is 13.0. The van der Waals surface area contributed by atoms with Gasteiger partial charge in [0, 0.05) is 42.0 Å². The molecule has 8 heteroatoms. The summed E-state index contributed by atoms with van der Waals surface area (Å²) in [6.07, 6.45) is 5.41. The highest BCUT2D eigenvalue weighted by atomic mass is 32.2. The van der Waals surface area contributed by atoms with E-state index in [4.69, 9.17) is 0 Å². The third-order valence-electron chi connectivity index (χ3n) is 4.03. The fourth-order valence-electron chi connectivity index (χ4n) is 2.83. The van der Waals surface area contributed by atoms with Crippen LogP contribution >= 0.6 is 0 Å². The lowest BCUT2D eigenvalue weighted by Crippen LogP contribution is -2.33. The molecule has 124 valence electrons. The number of anilines is 1. The molecule has 0 bridgehead atoms. The predicted molar refractivity (Wildman–Crippen MR) is 81.7 cm³/mol. The van der Waals surface area contributed by atoms with Crippen molar-refractivity contribution in [2.45, 2.75) is 29.2 Å². The third-order valence-corrected chi connectivity index (χ3v) is 5.15. The maximum absolute atomic E-state index is 12.4. The standard InChI is InChI=1S/C15H16F3N3OS/c16-15(17,18)23(22)13-3-1-12(2-4-13)21-9-5-11(6-10-21)14-19-7-8-20-14/h1-4,7-8,11H,5-6,9-10H2,(H,19,20). The monoisotopic (exact) mass is 343 g/mol. The molecule has 1 atom stereocenters. The maximum atomic E-state index is 12.4. The molecule has 23 heavy (non-hydrogen) atoms. The number of nitrogens with zero attached hydrogens (tertiary/aromatic N) is 2. The van der Waals surface area contributed by atoms with Gasteiger partial charge in [0.1, 0.15) is 5.82 Å². The van der Waals surface area contributed by atoms with E-state index in [-0.39, 0.29) is 4.90 Å². The van der Waals surface area contributed by atoms with Gasteiger partial charge in [0.25, 0.3) is 0 Å². The fraction of sp³-hybridized carbons (Fsp3) is 0.400. The molecule has 2 heterocycles. The topological polar surface area (TPSA) is 49.0 Å². The summed E-state index contributed by atoms with van der Waals surface area (Å²) in [5, 5.41) is 0. The van der Waals surface area contributed by atoms with Gasteiger partial charge in [-0.2, -0.15) is 13.2 Å². The molecule has 4 nitrogen and oxygen atoms in total. The highest BCUT2D eigenvalue weighted by Crippen LogP contribution is 2.30. The summed E-state index contributed by atoms with van der Waals surface area (Å²) >= 11 is 0. The van der Waals surface area contributed by atoms with Crippen LogP contribution in [0.5, 0.6) is 0 Å². The number of H-pyrrole nitrogens is 1. The van der Waals surface area contributed by atoms with Crippen molar-refractivity contribution >= 4 is 16.5 Å². The van der Waals surface area contributed by atoms with E-state index >= 15 is 0 Å². The van der Waals surface area contributed by atoms with Gasteiger partial charge in [-0.05, 0) is 37.1 Å². The number of imidazole rings is 1. The van der Waals surface area contributed by atoms with Crippen LogP contribution in [0.15, 0.2) is 41.6 Å². The van der Waals surface area contributed by atoms with Crippen LogP contribution in [-0.4, -0.2) is 32.8 Å². The molecule has 2 aromatic rings. The summed E-state index contributed by atoms with van der Waals surface area (Å²) in [5.74, 6) is 1.37. The minimum Gasteiger partial charge on any atom is -0.371 e. The van der Waals surface area contributed by atoms with Crippen molar-refractivity contribution in [3.8, 4) is 0 Å². The predicted octanol–water partition coefficient (Wildman–Crippen LogP) is 3.42. The van der Waals surface area contributed by atoms with Crippen molar-refractivity contribution in [3.63, 3.8) is 0 Å². The van der Waals surface area contributed by atoms with Crippen LogP contribution < -0.4 is 4.90 Å². The van der Waals surface area contributed by atoms with Crippen molar-refractivity contribution < 1.29 is 17.4 Å². The van der Waals surface area contributed by atoms with Crippen molar-refractivity contribution in [1.82, 2.24) is 9.97 Å². The third kappa shape index (κ3) is 3.57. The van der Waals surface area contributed by atoms with Crippen molar-refractivity contribution in [2.75, 3.05) is 18.0 Å². The van der Waals surface area contributed by atoms with E-state index < -0.39 is 16.3 Å². The van der Waals surface area contributed by atoms with E-state index in [1.165, 1.54) is 12.1 Å². The average Bonchev–Trinajstić information content (AvgIpc) is 3.08. The van der Waals surface area contributed by atoms with Crippen LogP contribution in [-0.2, 0) is 10.8 Å². The van der Waals surface area contributed by atoms with Gasteiger partial charge in [0.05, 0.1) is 0 Å². The number of halogens is 3. The maximum Gasteiger partial charge on any atom is 0.475 e. The molecule has 0 saturated carbocycles. The molecule has 0 aliphatic carbocycles. The molecule has 1 N–H and O–H groups in total. The smallest absolute Gasteiger partial charge is 0.371 e. The lowest BCUT2D eigenvalue weighted by Gasteiger charge is -2.33. The molecule has 1 saturated heterocycles. The van der Waals surface area contributed by atoms with Gasteiger partial charge < -0.3 is 9.88 Å². The number of hydrogen-bond acceptors (Lipinski definition) is 3. The van der Waals surface area contributed by atoms with Gasteiger partial charge in [0.2, 0.25) is 0 Å². The number of rotatable bonds is 3. The van der Waals surface area contributed by atoms with Gasteiger partial charge in [-0.15, -0.1) is 0 Å². The Hall–Kier alpha value is -1.83. The zero-order valence-electron chi connectivity index (χ0n) is 12.2. The van der Waals surface area contributed by atoms with Crippen molar-refractivity contribution in [3.05, 3.63) is 42.5 Å². The summed E-state index contributed by atoms with van der Waals surface area (Å²) in [6, 6.07) is 5.79. The highest BCUT2D eigenvalue weighted by Gasteiger charge is 2.37. The quantitative estimate of drug-likeness (QED) is 0.929. The second-order valence-electron chi connectivity index (χ2n) is 5.44. The zero-order chi connectivity index (χ0) is 16.4. The molecule has 1 aromatic heterocycles. The molecule has 0 amide bonds. The van der Waals surface area contributed by atoms with Gasteiger partial charge in [-0.3, -0.25) is 0 Å². The molecule has 1 unspecified atom stereocenters. The van der Waals surface area contributed by atoms with E-state index in [9.17, 15) is 17.4 Å². The van der Waals surface area contributed by atoms with Crippen LogP contribution in [0.1, 0.15) is 24.6 Å². The Kier molecular flexibility index (Phi) is 4.43. The van der Waals surface area contributed by atoms with Crippen molar-refractivity contribution in [1.29, 1.82) is 0 Å². The van der Waals surface area contributed by atoms with Crippen LogP contribution in [0.4, 0.5) is 18.9 Å². The van der Waals surface area contributed by atoms with Crippen LogP contribution in [0, 0.1) is 0 Å². The first-order chi connectivity index (χ1) is 10.9. The highest BCUT2D eigenvalue weighted by molar-refractivity contribution is 7.86. The fourth-order valence-corrected chi connectivity index (χ4v) is 3.48. The van der Waals surface area contributed by atoms with Crippen LogP contribution in [0.3, 0.4) is 0 Å². The largest absolute Gasteiger partial charge is 0.475 e. The second-order valence-corrected chi connectivity index (χ2v) is 6.92. The Balaban J connectivity index is 1.64. The first kappa shape index (κ1) is 16.0. The summed E-state index contributed by atoms with van der Waals surface area (Å²) < 4.78 is 48.6. The Morgan fingerprint density at radius 1 is 1.17 bits per heavy atom. The number of piperidine rings is 1. The SMILES string of the molecule is O=S(c1ccc(N2CCC(c3ncc[nH]3)CC2)cc1)C(F)(F)F. The first-order valence-corrected chi connectivity index (χ1v) is 8.43. The average molecular weight is 343 g/mol. The Morgan fingerprint density at radius 2 is 1.83 bits per heavy atom. The minimum absolute atomic E-state index is 0.216. The molecule has 1 aliphatic heterocycles. The summed E-state index contributed by atoms with van der Waals surface area (Å²) in [5.41, 5.74) is -3.87. The van der Waals surface area contributed by atoms with Crippen LogP contribution in [0.2, 0.25) is 0 Å². The lowest BCUT2D eigenvalue weighted by atomic mass is 9.96. The number of hydrogen-bond donors (Lipinski definition) is 1. The molecule has 1 aliphatic rings. The summed E-state index contributed by atoms with van der Waals surface area (Å²) in [7, 11) is -2.97. The van der Waals surface area contributed by atoms with Gasteiger partial charge in [-0.25, -0.2) is 9.19 Å². The number of aromatic nitrogens is 2. The summed E-state index contributed by atoms with van der Waals surface area (Å²) in [4.78, 5) is 9.31. The van der Waals surface area contributed by atoms with Crippen LogP contribution in [0.25, 0.3) is 0 Å². The molecule has 1 aromatic carbocycles.